The molecule has 20 heavy (non-hydrogen) atoms. The Kier molecular flexibility index (Phi) is 3.74. The summed E-state index contributed by atoms with van der Waals surface area (Å²) in [6, 6.07) is 4.14. The summed E-state index contributed by atoms with van der Waals surface area (Å²) in [5.74, 6) is -1.61. The van der Waals surface area contributed by atoms with E-state index in [9.17, 15) is 9.18 Å². The Morgan fingerprint density at radius 3 is 2.70 bits per heavy atom. The summed E-state index contributed by atoms with van der Waals surface area (Å²) in [5.41, 5.74) is 0.481. The summed E-state index contributed by atoms with van der Waals surface area (Å²) < 4.78 is 24.2. The van der Waals surface area contributed by atoms with Crippen molar-refractivity contribution in [3.63, 3.8) is 0 Å². The van der Waals surface area contributed by atoms with Gasteiger partial charge in [-0.3, -0.25) is 0 Å². The fraction of sp³-hybridized carbons (Fsp3) is 0.286. The number of halogens is 1. The predicted molar refractivity (Wildman–Crippen MR) is 69.4 cm³/mol. The lowest BCUT2D eigenvalue weighted by atomic mass is 10.1. The number of hydrogen-bond donors (Lipinski definition) is 1. The van der Waals surface area contributed by atoms with Crippen LogP contribution < -0.4 is 4.74 Å². The van der Waals surface area contributed by atoms with E-state index in [1.165, 1.54) is 25.1 Å². The van der Waals surface area contributed by atoms with E-state index in [0.717, 1.165) is 0 Å². The number of benzene rings is 1. The van der Waals surface area contributed by atoms with Crippen LogP contribution in [-0.2, 0) is 0 Å². The van der Waals surface area contributed by atoms with Crippen molar-refractivity contribution in [2.24, 2.45) is 0 Å². The van der Waals surface area contributed by atoms with E-state index in [4.69, 9.17) is 14.4 Å². The minimum atomic E-state index is -1.17. The van der Waals surface area contributed by atoms with Crippen molar-refractivity contribution in [3.05, 3.63) is 35.3 Å². The van der Waals surface area contributed by atoms with Gasteiger partial charge in [0.1, 0.15) is 5.56 Å². The van der Waals surface area contributed by atoms with Gasteiger partial charge in [-0.2, -0.15) is 0 Å². The van der Waals surface area contributed by atoms with E-state index >= 15 is 0 Å². The van der Waals surface area contributed by atoms with Crippen molar-refractivity contribution < 1.29 is 23.6 Å². The molecule has 1 heterocycles. The van der Waals surface area contributed by atoms with E-state index in [1.807, 2.05) is 0 Å². The first-order valence-corrected chi connectivity index (χ1v) is 6.06. The monoisotopic (exact) mass is 279 g/mol. The molecule has 0 bridgehead atoms. The van der Waals surface area contributed by atoms with Crippen LogP contribution in [0.1, 0.15) is 29.9 Å². The molecule has 1 aromatic heterocycles. The van der Waals surface area contributed by atoms with Gasteiger partial charge in [-0.15, -0.1) is 0 Å². The Hall–Kier alpha value is -2.37. The van der Waals surface area contributed by atoms with Crippen LogP contribution in [0.4, 0.5) is 4.39 Å². The highest BCUT2D eigenvalue weighted by Crippen LogP contribution is 2.30. The van der Waals surface area contributed by atoms with Gasteiger partial charge in [0.2, 0.25) is 0 Å². The molecule has 1 aromatic carbocycles. The van der Waals surface area contributed by atoms with Gasteiger partial charge >= 0.3 is 5.97 Å². The molecule has 0 fully saturated rings. The highest BCUT2D eigenvalue weighted by Gasteiger charge is 2.22. The SMILES string of the molecule is Cc1noc(-c2ccc(OC(C)C)c(F)c2)c1C(=O)O. The third-order valence-electron chi connectivity index (χ3n) is 2.63. The molecule has 0 amide bonds. The molecular weight excluding hydrogens is 265 g/mol. The zero-order valence-corrected chi connectivity index (χ0v) is 11.3. The topological polar surface area (TPSA) is 72.6 Å². The number of aryl methyl sites for hydroxylation is 1. The lowest BCUT2D eigenvalue weighted by Crippen LogP contribution is -2.07. The zero-order chi connectivity index (χ0) is 14.9. The molecule has 0 saturated carbocycles. The number of rotatable bonds is 4. The molecule has 0 spiro atoms. The maximum atomic E-state index is 13.9. The molecule has 0 aliphatic carbocycles. The highest BCUT2D eigenvalue weighted by atomic mass is 19.1. The van der Waals surface area contributed by atoms with E-state index in [0.29, 0.717) is 5.56 Å². The Bertz CT molecular complexity index is 649. The summed E-state index contributed by atoms with van der Waals surface area (Å²) in [6.45, 7) is 5.09. The molecule has 2 rings (SSSR count). The largest absolute Gasteiger partial charge is 0.488 e. The van der Waals surface area contributed by atoms with Crippen molar-refractivity contribution in [2.75, 3.05) is 0 Å². The van der Waals surface area contributed by atoms with E-state index in [2.05, 4.69) is 5.16 Å². The van der Waals surface area contributed by atoms with Crippen molar-refractivity contribution in [1.82, 2.24) is 5.16 Å². The van der Waals surface area contributed by atoms with Crippen molar-refractivity contribution in [1.29, 1.82) is 0 Å². The number of carboxylic acids is 1. The van der Waals surface area contributed by atoms with Gasteiger partial charge < -0.3 is 14.4 Å². The summed E-state index contributed by atoms with van der Waals surface area (Å²) in [7, 11) is 0. The Labute approximate surface area is 115 Å². The second-order valence-electron chi connectivity index (χ2n) is 4.59. The van der Waals surface area contributed by atoms with Gasteiger partial charge in [-0.25, -0.2) is 9.18 Å². The first-order valence-electron chi connectivity index (χ1n) is 6.06. The second-order valence-corrected chi connectivity index (χ2v) is 4.59. The fourth-order valence-corrected chi connectivity index (χ4v) is 1.81. The quantitative estimate of drug-likeness (QED) is 0.929. The first kappa shape index (κ1) is 14.0. The van der Waals surface area contributed by atoms with Gasteiger partial charge in [-0.05, 0) is 39.0 Å². The van der Waals surface area contributed by atoms with Crippen molar-refractivity contribution >= 4 is 5.97 Å². The minimum absolute atomic E-state index is 0.0324. The molecule has 106 valence electrons. The predicted octanol–water partition coefficient (Wildman–Crippen LogP) is 3.27. The Morgan fingerprint density at radius 2 is 2.15 bits per heavy atom. The molecule has 0 unspecified atom stereocenters. The van der Waals surface area contributed by atoms with Gasteiger partial charge in [0.15, 0.2) is 17.3 Å². The van der Waals surface area contributed by atoms with Crippen molar-refractivity contribution in [3.8, 4) is 17.1 Å². The van der Waals surface area contributed by atoms with Crippen LogP contribution >= 0.6 is 0 Å². The standard InChI is InChI=1S/C14H14FNO4/c1-7(2)19-11-5-4-9(6-10(11)15)13-12(14(17)18)8(3)16-20-13/h4-7H,1-3H3,(H,17,18). The average molecular weight is 279 g/mol. The number of aromatic carboxylic acids is 1. The van der Waals surface area contributed by atoms with Crippen LogP contribution in [0.15, 0.2) is 22.7 Å². The fourth-order valence-electron chi connectivity index (χ4n) is 1.81. The third kappa shape index (κ3) is 2.64. The average Bonchev–Trinajstić information content (AvgIpc) is 2.73. The van der Waals surface area contributed by atoms with Crippen LogP contribution in [0.5, 0.6) is 5.75 Å². The van der Waals surface area contributed by atoms with E-state index in [1.54, 1.807) is 13.8 Å². The summed E-state index contributed by atoms with van der Waals surface area (Å²) in [5, 5.41) is 12.7. The number of ether oxygens (including phenoxy) is 1. The van der Waals surface area contributed by atoms with Crippen LogP contribution in [0.3, 0.4) is 0 Å². The lowest BCUT2D eigenvalue weighted by Gasteiger charge is -2.10. The Morgan fingerprint density at radius 1 is 1.45 bits per heavy atom. The first-order chi connectivity index (χ1) is 9.40. The van der Waals surface area contributed by atoms with Crippen LogP contribution in [-0.4, -0.2) is 22.3 Å². The van der Waals surface area contributed by atoms with Gasteiger partial charge in [-0.1, -0.05) is 5.16 Å². The molecule has 0 saturated heterocycles. The molecule has 0 aliphatic heterocycles. The number of nitrogens with zero attached hydrogens (tertiary/aromatic N) is 1. The lowest BCUT2D eigenvalue weighted by molar-refractivity contribution is 0.0696. The minimum Gasteiger partial charge on any atom is -0.488 e. The molecule has 5 nitrogen and oxygen atoms in total. The molecule has 0 aliphatic rings. The number of carboxylic acid groups (broad SMARTS) is 1. The number of aromatic nitrogens is 1. The summed E-state index contributed by atoms with van der Waals surface area (Å²) >= 11 is 0. The molecule has 1 N–H and O–H groups in total. The van der Waals surface area contributed by atoms with E-state index in [-0.39, 0.29) is 28.9 Å². The molecule has 2 aromatic rings. The molecule has 0 atom stereocenters. The van der Waals surface area contributed by atoms with Gasteiger partial charge in [0.25, 0.3) is 0 Å². The molecule has 0 radical (unpaired) electrons. The normalized spacial score (nSPS) is 10.8. The highest BCUT2D eigenvalue weighted by molar-refractivity contribution is 5.95. The summed E-state index contributed by atoms with van der Waals surface area (Å²) in [6.07, 6.45) is -0.155. The summed E-state index contributed by atoms with van der Waals surface area (Å²) in [4.78, 5) is 11.2. The second kappa shape index (κ2) is 5.32. The van der Waals surface area contributed by atoms with Crippen LogP contribution in [0.25, 0.3) is 11.3 Å². The van der Waals surface area contributed by atoms with Crippen molar-refractivity contribution in [2.45, 2.75) is 26.9 Å². The third-order valence-corrected chi connectivity index (χ3v) is 2.63. The van der Waals surface area contributed by atoms with Gasteiger partial charge in [0, 0.05) is 5.56 Å². The van der Waals surface area contributed by atoms with Crippen LogP contribution in [0.2, 0.25) is 0 Å². The Balaban J connectivity index is 2.45. The maximum absolute atomic E-state index is 13.9. The smallest absolute Gasteiger partial charge is 0.341 e. The van der Waals surface area contributed by atoms with Gasteiger partial charge in [0.05, 0.1) is 11.8 Å². The molecular formula is C14H14FNO4. The zero-order valence-electron chi connectivity index (χ0n) is 11.3. The number of carbonyl (C=O) groups is 1. The van der Waals surface area contributed by atoms with E-state index < -0.39 is 11.8 Å². The molecule has 6 heteroatoms. The van der Waals surface area contributed by atoms with Crippen LogP contribution in [0, 0.1) is 12.7 Å². The number of hydrogen-bond acceptors (Lipinski definition) is 4. The maximum Gasteiger partial charge on any atom is 0.341 e.